The maximum atomic E-state index is 11.8. The zero-order valence-corrected chi connectivity index (χ0v) is 11.8. The Morgan fingerprint density at radius 3 is 2.20 bits per heavy atom. The van der Waals surface area contributed by atoms with Crippen LogP contribution in [0.2, 0.25) is 0 Å². The molecule has 92 valence electrons. The summed E-state index contributed by atoms with van der Waals surface area (Å²) < 4.78 is 5.19. The first-order valence-corrected chi connectivity index (χ1v) is 7.12. The number of hydrogen-bond donors (Lipinski definition) is 2. The first-order valence-electron chi connectivity index (χ1n) is 4.72. The van der Waals surface area contributed by atoms with Crippen molar-refractivity contribution in [2.24, 2.45) is 17.2 Å². The van der Waals surface area contributed by atoms with E-state index in [0.717, 1.165) is 0 Å². The second-order valence-electron chi connectivity index (χ2n) is 4.08. The van der Waals surface area contributed by atoms with Gasteiger partial charge in [-0.05, 0) is 0 Å². The quantitative estimate of drug-likeness (QED) is 0.307. The molecule has 0 bridgehead atoms. The van der Waals surface area contributed by atoms with Crippen molar-refractivity contribution >= 4 is 5.78 Å². The van der Waals surface area contributed by atoms with E-state index in [1.807, 2.05) is 27.7 Å². The first kappa shape index (κ1) is 15.2. The van der Waals surface area contributed by atoms with Gasteiger partial charge in [-0.15, -0.1) is 0 Å². The van der Waals surface area contributed by atoms with Gasteiger partial charge < -0.3 is 0 Å². The van der Waals surface area contributed by atoms with E-state index in [-0.39, 0.29) is 5.78 Å². The molecule has 0 saturated heterocycles. The summed E-state index contributed by atoms with van der Waals surface area (Å²) in [4.78, 5) is 16.8. The van der Waals surface area contributed by atoms with Gasteiger partial charge in [0.25, 0.3) is 0 Å². The summed E-state index contributed by atoms with van der Waals surface area (Å²) in [5, 5.41) is 0. The van der Waals surface area contributed by atoms with Crippen LogP contribution in [0.15, 0.2) is 0 Å². The van der Waals surface area contributed by atoms with Gasteiger partial charge in [-0.1, -0.05) is 0 Å². The third-order valence-electron chi connectivity index (χ3n) is 2.97. The Hall–Kier alpha value is 0.240. The summed E-state index contributed by atoms with van der Waals surface area (Å²) in [5.41, 5.74) is -1.35. The van der Waals surface area contributed by atoms with Crippen molar-refractivity contribution in [1.82, 2.24) is 0 Å². The molecule has 0 aliphatic rings. The van der Waals surface area contributed by atoms with Gasteiger partial charge in [0.2, 0.25) is 0 Å². The van der Waals surface area contributed by atoms with Crippen LogP contribution in [0.1, 0.15) is 34.1 Å². The Morgan fingerprint density at radius 1 is 1.33 bits per heavy atom. The topological polar surface area (TPSA) is 87.6 Å². The number of rotatable bonds is 7. The third kappa shape index (κ3) is 3.35. The van der Waals surface area contributed by atoms with E-state index < -0.39 is 32.6 Å². The number of hydrogen-bond acceptors (Lipinski definition) is 5. The number of Topliss-reactive ketones (excluding diaryl/α,β-unsaturated/α-hetero) is 1. The number of alkyl halides is 1. The van der Waals surface area contributed by atoms with Crippen LogP contribution in [-0.2, 0) is 12.8 Å². The van der Waals surface area contributed by atoms with Crippen LogP contribution in [-0.4, -0.2) is 15.8 Å². The van der Waals surface area contributed by atoms with Crippen LogP contribution >= 0.6 is 0 Å². The van der Waals surface area contributed by atoms with Crippen molar-refractivity contribution in [3.63, 3.8) is 0 Å². The molecular weight excluding hydrogens is 311 g/mol. The molecule has 0 amide bonds. The predicted octanol–water partition coefficient (Wildman–Crippen LogP) is -2.46. The van der Waals surface area contributed by atoms with Crippen LogP contribution in [0.25, 0.3) is 0 Å². The zero-order valence-electron chi connectivity index (χ0n) is 9.67. The molecule has 0 unspecified atom stereocenters. The minimum absolute atomic E-state index is 0.122. The summed E-state index contributed by atoms with van der Waals surface area (Å²) in [7, 11) is 0. The number of carbonyl (C=O) groups excluding carboxylic acids is 1. The molecule has 0 aromatic carbocycles. The standard InChI is InChI=1S/C9H20IN2O3/c1-5-7(13)8(2,3)9(4,14-11)6-10-15-12/h5-6,11-12H2,1-4H3/q-1/t9-/m1/s1. The normalized spacial score (nSPS) is 16.4. The Kier molecular flexibility index (Phi) is 6.19. The molecule has 0 aliphatic heterocycles. The van der Waals surface area contributed by atoms with Gasteiger partial charge in [0, 0.05) is 0 Å². The summed E-state index contributed by atoms with van der Waals surface area (Å²) in [6.45, 7) is 7.33. The second-order valence-corrected chi connectivity index (χ2v) is 5.98. The fourth-order valence-corrected chi connectivity index (χ4v) is 3.13. The molecule has 0 rings (SSSR count). The molecule has 1 atom stereocenters. The van der Waals surface area contributed by atoms with Gasteiger partial charge in [0.05, 0.1) is 0 Å². The molecule has 5 nitrogen and oxygen atoms in total. The number of halogens is 1. The van der Waals surface area contributed by atoms with Gasteiger partial charge in [-0.25, -0.2) is 0 Å². The van der Waals surface area contributed by atoms with Crippen molar-refractivity contribution < 1.29 is 34.4 Å². The van der Waals surface area contributed by atoms with Crippen LogP contribution in [0.3, 0.4) is 0 Å². The van der Waals surface area contributed by atoms with Gasteiger partial charge in [0.15, 0.2) is 0 Å². The van der Waals surface area contributed by atoms with Crippen LogP contribution in [0, 0.1) is 5.41 Å². The van der Waals surface area contributed by atoms with E-state index >= 15 is 0 Å². The Morgan fingerprint density at radius 2 is 1.87 bits per heavy atom. The zero-order chi connectivity index (χ0) is 12.1. The maximum absolute atomic E-state index is 11.8. The SMILES string of the molecule is CCC(=O)C(C)(C)[C@@](C)(C[I-]ON)ON. The summed E-state index contributed by atoms with van der Waals surface area (Å²) in [6, 6.07) is 0. The summed E-state index contributed by atoms with van der Waals surface area (Å²) in [5.74, 6) is 10.4. The molecule has 0 saturated carbocycles. The van der Waals surface area contributed by atoms with E-state index in [9.17, 15) is 4.79 Å². The third-order valence-corrected chi connectivity index (χ3v) is 5.10. The summed E-state index contributed by atoms with van der Waals surface area (Å²) >= 11 is -0.644. The first-order chi connectivity index (χ1) is 6.85. The fraction of sp³-hybridized carbons (Fsp3) is 0.889. The predicted molar refractivity (Wildman–Crippen MR) is 52.9 cm³/mol. The molecule has 0 fully saturated rings. The molecule has 0 spiro atoms. The van der Waals surface area contributed by atoms with Crippen molar-refractivity contribution in [1.29, 1.82) is 0 Å². The van der Waals surface area contributed by atoms with Crippen molar-refractivity contribution in [3.05, 3.63) is 0 Å². The number of ketones is 1. The molecular formula is C9H20IN2O3-. The molecule has 0 aromatic rings. The van der Waals surface area contributed by atoms with E-state index in [2.05, 4.69) is 3.17 Å². The average Bonchev–Trinajstić information content (AvgIpc) is 2.24. The van der Waals surface area contributed by atoms with Crippen molar-refractivity contribution in [2.45, 2.75) is 39.7 Å². The van der Waals surface area contributed by atoms with Crippen molar-refractivity contribution in [2.75, 3.05) is 4.43 Å². The summed E-state index contributed by atoms with van der Waals surface area (Å²) in [6.07, 6.45) is 0.466. The second kappa shape index (κ2) is 6.09. The van der Waals surface area contributed by atoms with Gasteiger partial charge >= 0.3 is 102 Å². The molecule has 6 heteroatoms. The van der Waals surface area contributed by atoms with Crippen LogP contribution in [0.4, 0.5) is 0 Å². The molecule has 15 heavy (non-hydrogen) atoms. The van der Waals surface area contributed by atoms with Gasteiger partial charge in [-0.2, -0.15) is 0 Å². The molecule has 0 heterocycles. The Labute approximate surface area is 102 Å². The van der Waals surface area contributed by atoms with Crippen molar-refractivity contribution in [3.8, 4) is 0 Å². The van der Waals surface area contributed by atoms with E-state index in [1.54, 1.807) is 0 Å². The molecule has 0 aliphatic carbocycles. The fourth-order valence-electron chi connectivity index (χ4n) is 1.22. The Bertz CT molecular complexity index is 223. The van der Waals surface area contributed by atoms with Gasteiger partial charge in [0.1, 0.15) is 0 Å². The molecule has 4 N–H and O–H groups in total. The monoisotopic (exact) mass is 331 g/mol. The van der Waals surface area contributed by atoms with Gasteiger partial charge in [-0.3, -0.25) is 0 Å². The Balaban J connectivity index is 4.82. The number of nitrogens with two attached hydrogens (primary N) is 2. The van der Waals surface area contributed by atoms with E-state index in [4.69, 9.17) is 16.6 Å². The molecule has 0 aromatic heterocycles. The van der Waals surface area contributed by atoms with Crippen LogP contribution < -0.4 is 33.4 Å². The molecule has 0 radical (unpaired) electrons. The minimum atomic E-state index is -0.716. The van der Waals surface area contributed by atoms with E-state index in [0.29, 0.717) is 10.8 Å². The number of carbonyl (C=O) groups is 1. The van der Waals surface area contributed by atoms with Crippen LogP contribution in [0.5, 0.6) is 0 Å². The van der Waals surface area contributed by atoms with E-state index in [1.165, 1.54) is 0 Å². The average molecular weight is 331 g/mol.